The molecule has 88 valence electrons. The van der Waals surface area contributed by atoms with Crippen LogP contribution in [0.5, 0.6) is 0 Å². The molecule has 1 heterocycles. The van der Waals surface area contributed by atoms with Gasteiger partial charge in [-0.1, -0.05) is 0 Å². The second kappa shape index (κ2) is 4.88. The molecule has 16 heavy (non-hydrogen) atoms. The summed E-state index contributed by atoms with van der Waals surface area (Å²) in [6.45, 7) is 3.51. The van der Waals surface area contributed by atoms with Gasteiger partial charge in [0.05, 0.1) is 4.88 Å². The maximum atomic E-state index is 11.8. The smallest absolute Gasteiger partial charge is 0.261 e. The van der Waals surface area contributed by atoms with Gasteiger partial charge in [0, 0.05) is 22.2 Å². The molecule has 1 aromatic rings. The number of amides is 2. The highest BCUT2D eigenvalue weighted by Gasteiger charge is 2.23. The molecule has 3 N–H and O–H groups in total. The number of hydrogen-bond donors (Lipinski definition) is 3. The molecule has 0 saturated carbocycles. The fourth-order valence-electron chi connectivity index (χ4n) is 1.29. The average molecular weight is 258 g/mol. The van der Waals surface area contributed by atoms with Crippen molar-refractivity contribution in [2.24, 2.45) is 5.73 Å². The third kappa shape index (κ3) is 3.86. The van der Waals surface area contributed by atoms with Crippen LogP contribution in [0.3, 0.4) is 0 Å². The van der Waals surface area contributed by atoms with E-state index in [0.717, 1.165) is 4.90 Å². The summed E-state index contributed by atoms with van der Waals surface area (Å²) in [5.74, 6) is -0.650. The fraction of sp³-hybridized carbons (Fsp3) is 0.400. The number of thiophene rings is 1. The van der Waals surface area contributed by atoms with E-state index in [4.69, 9.17) is 5.73 Å². The summed E-state index contributed by atoms with van der Waals surface area (Å²) >= 11 is 5.44. The Morgan fingerprint density at radius 3 is 2.62 bits per heavy atom. The van der Waals surface area contributed by atoms with Crippen LogP contribution in [0, 0.1) is 0 Å². The summed E-state index contributed by atoms with van der Waals surface area (Å²) in [5, 5.41) is 4.53. The zero-order chi connectivity index (χ0) is 12.3. The van der Waals surface area contributed by atoms with E-state index in [9.17, 15) is 9.59 Å². The first kappa shape index (κ1) is 13.1. The van der Waals surface area contributed by atoms with Gasteiger partial charge in [0.15, 0.2) is 0 Å². The van der Waals surface area contributed by atoms with Gasteiger partial charge >= 0.3 is 0 Å². The monoisotopic (exact) mass is 258 g/mol. The number of thiol groups is 1. The highest BCUT2D eigenvalue weighted by atomic mass is 32.1. The maximum absolute atomic E-state index is 11.8. The number of primary amides is 1. The highest BCUT2D eigenvalue weighted by Crippen LogP contribution is 2.18. The summed E-state index contributed by atoms with van der Waals surface area (Å²) in [4.78, 5) is 23.9. The van der Waals surface area contributed by atoms with Gasteiger partial charge < -0.3 is 11.1 Å². The molecule has 0 bridgehead atoms. The molecule has 0 unspecified atom stereocenters. The van der Waals surface area contributed by atoms with Crippen LogP contribution in [0.4, 0.5) is 0 Å². The number of hydrogen-bond acceptors (Lipinski definition) is 4. The number of rotatable bonds is 4. The van der Waals surface area contributed by atoms with Crippen LogP contribution in [0.15, 0.2) is 16.3 Å². The fourth-order valence-corrected chi connectivity index (χ4v) is 2.34. The van der Waals surface area contributed by atoms with Crippen molar-refractivity contribution in [1.82, 2.24) is 5.32 Å². The van der Waals surface area contributed by atoms with Crippen LogP contribution in [-0.4, -0.2) is 17.4 Å². The predicted octanol–water partition coefficient (Wildman–Crippen LogP) is 1.42. The zero-order valence-electron chi connectivity index (χ0n) is 9.11. The lowest BCUT2D eigenvalue weighted by Gasteiger charge is -2.24. The highest BCUT2D eigenvalue weighted by molar-refractivity contribution is 7.80. The van der Waals surface area contributed by atoms with Gasteiger partial charge in [0.1, 0.15) is 0 Å². The molecule has 0 fully saturated rings. The summed E-state index contributed by atoms with van der Waals surface area (Å²) in [6, 6.07) is 1.68. The van der Waals surface area contributed by atoms with E-state index >= 15 is 0 Å². The molecule has 0 aliphatic rings. The van der Waals surface area contributed by atoms with Crippen LogP contribution in [0.25, 0.3) is 0 Å². The lowest BCUT2D eigenvalue weighted by atomic mass is 10.0. The second-order valence-corrected chi connectivity index (χ2v) is 5.58. The van der Waals surface area contributed by atoms with Crippen LogP contribution >= 0.6 is 24.0 Å². The zero-order valence-corrected chi connectivity index (χ0v) is 10.8. The van der Waals surface area contributed by atoms with Gasteiger partial charge in [-0.25, -0.2) is 0 Å². The summed E-state index contributed by atoms with van der Waals surface area (Å²) < 4.78 is 0. The van der Waals surface area contributed by atoms with Gasteiger partial charge in [-0.05, 0) is 19.9 Å². The number of nitrogens with two attached hydrogens (primary N) is 1. The Balaban J connectivity index is 2.67. The van der Waals surface area contributed by atoms with Crippen molar-refractivity contribution in [2.45, 2.75) is 30.7 Å². The van der Waals surface area contributed by atoms with Crippen molar-refractivity contribution >= 4 is 35.8 Å². The van der Waals surface area contributed by atoms with E-state index < -0.39 is 11.4 Å². The van der Waals surface area contributed by atoms with Crippen molar-refractivity contribution < 1.29 is 9.59 Å². The van der Waals surface area contributed by atoms with Crippen molar-refractivity contribution in [1.29, 1.82) is 0 Å². The molecule has 0 saturated heterocycles. The van der Waals surface area contributed by atoms with Crippen molar-refractivity contribution in [3.05, 3.63) is 16.3 Å². The molecule has 0 atom stereocenters. The Hall–Kier alpha value is -1.01. The number of carbonyl (C=O) groups excluding carboxylic acids is 2. The average Bonchev–Trinajstić information content (AvgIpc) is 2.47. The minimum absolute atomic E-state index is 0.109. The third-order valence-electron chi connectivity index (χ3n) is 1.88. The van der Waals surface area contributed by atoms with Gasteiger partial charge in [-0.15, -0.1) is 24.0 Å². The quantitative estimate of drug-likeness (QED) is 0.715. The first-order chi connectivity index (χ1) is 7.30. The topological polar surface area (TPSA) is 72.2 Å². The molecule has 1 rings (SSSR count). The van der Waals surface area contributed by atoms with Gasteiger partial charge in [0.25, 0.3) is 5.91 Å². The van der Waals surface area contributed by atoms with Crippen molar-refractivity contribution in [3.8, 4) is 0 Å². The molecule has 0 radical (unpaired) electrons. The maximum Gasteiger partial charge on any atom is 0.261 e. The van der Waals surface area contributed by atoms with Crippen molar-refractivity contribution in [3.63, 3.8) is 0 Å². The standard InChI is InChI=1S/C10H14N2O2S2/c1-10(2,4-8(11)13)12-9(14)7-3-6(15)5-16-7/h3,5,15H,4H2,1-2H3,(H2,11,13)(H,12,14). The van der Waals surface area contributed by atoms with Gasteiger partial charge in [0.2, 0.25) is 5.91 Å². The van der Waals surface area contributed by atoms with Crippen LogP contribution < -0.4 is 11.1 Å². The number of carbonyl (C=O) groups is 2. The predicted molar refractivity (Wildman–Crippen MR) is 66.9 cm³/mol. The largest absolute Gasteiger partial charge is 0.370 e. The van der Waals surface area contributed by atoms with E-state index in [-0.39, 0.29) is 12.3 Å². The van der Waals surface area contributed by atoms with E-state index in [1.807, 2.05) is 0 Å². The second-order valence-electron chi connectivity index (χ2n) is 4.15. The summed E-state index contributed by atoms with van der Waals surface area (Å²) in [6.07, 6.45) is 0.109. The van der Waals surface area contributed by atoms with E-state index in [1.165, 1.54) is 11.3 Å². The third-order valence-corrected chi connectivity index (χ3v) is 3.24. The Labute approximate surface area is 104 Å². The summed E-state index contributed by atoms with van der Waals surface area (Å²) in [5.41, 5.74) is 4.46. The van der Waals surface area contributed by atoms with Crippen LogP contribution in [0.1, 0.15) is 29.9 Å². The van der Waals surface area contributed by atoms with E-state index in [2.05, 4.69) is 17.9 Å². The van der Waals surface area contributed by atoms with E-state index in [0.29, 0.717) is 4.88 Å². The molecular weight excluding hydrogens is 244 g/mol. The molecule has 2 amide bonds. The first-order valence-electron chi connectivity index (χ1n) is 4.68. The Morgan fingerprint density at radius 2 is 2.19 bits per heavy atom. The van der Waals surface area contributed by atoms with E-state index in [1.54, 1.807) is 25.3 Å². The molecule has 0 aromatic carbocycles. The molecule has 0 spiro atoms. The normalized spacial score (nSPS) is 11.2. The van der Waals surface area contributed by atoms with Crippen LogP contribution in [0.2, 0.25) is 0 Å². The lowest BCUT2D eigenvalue weighted by Crippen LogP contribution is -2.45. The SMILES string of the molecule is CC(C)(CC(N)=O)NC(=O)c1cc(S)cs1. The Morgan fingerprint density at radius 1 is 1.56 bits per heavy atom. The Bertz CT molecular complexity index is 413. The minimum atomic E-state index is -0.635. The number of nitrogens with one attached hydrogen (secondary N) is 1. The minimum Gasteiger partial charge on any atom is -0.370 e. The van der Waals surface area contributed by atoms with Gasteiger partial charge in [-0.3, -0.25) is 9.59 Å². The van der Waals surface area contributed by atoms with Gasteiger partial charge in [-0.2, -0.15) is 0 Å². The first-order valence-corrected chi connectivity index (χ1v) is 6.01. The molecule has 4 nitrogen and oxygen atoms in total. The molecular formula is C10H14N2O2S2. The molecule has 6 heteroatoms. The molecule has 1 aromatic heterocycles. The summed E-state index contributed by atoms with van der Waals surface area (Å²) in [7, 11) is 0. The van der Waals surface area contributed by atoms with Crippen LogP contribution in [-0.2, 0) is 4.79 Å². The lowest BCUT2D eigenvalue weighted by molar-refractivity contribution is -0.119. The Kier molecular flexibility index (Phi) is 3.98. The van der Waals surface area contributed by atoms with Crippen molar-refractivity contribution in [2.75, 3.05) is 0 Å². The molecule has 0 aliphatic heterocycles. The molecule has 0 aliphatic carbocycles.